The van der Waals surface area contributed by atoms with Gasteiger partial charge in [-0.05, 0) is 50.6 Å². The molecule has 0 spiro atoms. The summed E-state index contributed by atoms with van der Waals surface area (Å²) >= 11 is 6.17. The first-order valence-corrected chi connectivity index (χ1v) is 11.1. The Morgan fingerprint density at radius 3 is 2.71 bits per heavy atom. The molecule has 0 aliphatic carbocycles. The van der Waals surface area contributed by atoms with Gasteiger partial charge in [-0.1, -0.05) is 11.6 Å². The Morgan fingerprint density at radius 2 is 1.94 bits per heavy atom. The number of nitrogens with one attached hydrogen (secondary N) is 1. The van der Waals surface area contributed by atoms with Gasteiger partial charge in [-0.2, -0.15) is 0 Å². The maximum atomic E-state index is 12.5. The molecule has 5 heterocycles. The van der Waals surface area contributed by atoms with E-state index in [1.165, 1.54) is 12.3 Å². The molecule has 162 valence electrons. The molecule has 5 rings (SSSR count). The number of piperidine rings is 1. The number of nitrogens with zero attached hydrogens (tertiary/aromatic N) is 5. The van der Waals surface area contributed by atoms with Crippen molar-refractivity contribution in [3.63, 3.8) is 0 Å². The van der Waals surface area contributed by atoms with E-state index >= 15 is 0 Å². The van der Waals surface area contributed by atoms with Gasteiger partial charge in [0.25, 0.3) is 11.1 Å². The van der Waals surface area contributed by atoms with Gasteiger partial charge in [0.05, 0.1) is 23.0 Å². The van der Waals surface area contributed by atoms with Crippen molar-refractivity contribution < 1.29 is 0 Å². The van der Waals surface area contributed by atoms with Gasteiger partial charge in [-0.3, -0.25) is 23.7 Å². The van der Waals surface area contributed by atoms with E-state index in [1.807, 2.05) is 19.2 Å². The molecule has 1 unspecified atom stereocenters. The highest BCUT2D eigenvalue weighted by Crippen LogP contribution is 2.24. The second kappa shape index (κ2) is 8.18. The molecule has 1 saturated heterocycles. The second-order valence-electron chi connectivity index (χ2n) is 8.48. The fraction of sp³-hybridized carbons (Fsp3) is 0.455. The zero-order valence-electron chi connectivity index (χ0n) is 17.4. The molecule has 31 heavy (non-hydrogen) atoms. The van der Waals surface area contributed by atoms with Crippen LogP contribution in [0.3, 0.4) is 0 Å². The van der Waals surface area contributed by atoms with E-state index in [4.69, 9.17) is 11.6 Å². The van der Waals surface area contributed by atoms with E-state index in [0.717, 1.165) is 50.3 Å². The third-order valence-electron chi connectivity index (χ3n) is 6.41. The number of likely N-dealkylation sites (tertiary alicyclic amines) is 1. The Hall–Kier alpha value is -2.55. The van der Waals surface area contributed by atoms with Gasteiger partial charge in [0.1, 0.15) is 11.2 Å². The number of aryl methyl sites for hydroxylation is 1. The average molecular weight is 441 g/mol. The predicted octanol–water partition coefficient (Wildman–Crippen LogP) is 1.72. The van der Waals surface area contributed by atoms with Crippen LogP contribution in [0.1, 0.15) is 30.1 Å². The summed E-state index contributed by atoms with van der Waals surface area (Å²) in [5.74, 6) is 0. The van der Waals surface area contributed by atoms with Crippen LogP contribution in [0, 0.1) is 6.92 Å². The van der Waals surface area contributed by atoms with Gasteiger partial charge in [-0.25, -0.2) is 4.98 Å². The SMILES string of the molecule is Cc1ncc(CNC2CCN(CC3Cn4c(=O)ccc5ncc(=O)n3c54)CC2)cc1Cl. The number of hydrogen-bond acceptors (Lipinski definition) is 6. The summed E-state index contributed by atoms with van der Waals surface area (Å²) in [4.78, 5) is 35.7. The lowest BCUT2D eigenvalue weighted by molar-refractivity contribution is 0.171. The van der Waals surface area contributed by atoms with Crippen molar-refractivity contribution in [1.82, 2.24) is 29.3 Å². The summed E-state index contributed by atoms with van der Waals surface area (Å²) in [5.41, 5.74) is 3.05. The van der Waals surface area contributed by atoms with Crippen molar-refractivity contribution in [1.29, 1.82) is 0 Å². The minimum Gasteiger partial charge on any atom is -0.310 e. The van der Waals surface area contributed by atoms with Crippen LogP contribution in [0.4, 0.5) is 0 Å². The van der Waals surface area contributed by atoms with E-state index < -0.39 is 0 Å². The second-order valence-corrected chi connectivity index (χ2v) is 8.89. The highest BCUT2D eigenvalue weighted by molar-refractivity contribution is 6.31. The number of pyridine rings is 2. The van der Waals surface area contributed by atoms with Gasteiger partial charge in [-0.15, -0.1) is 0 Å². The molecule has 3 aromatic heterocycles. The number of hydrogen-bond donors (Lipinski definition) is 1. The topological polar surface area (TPSA) is 85.1 Å². The van der Waals surface area contributed by atoms with Crippen molar-refractivity contribution in [2.75, 3.05) is 19.6 Å². The molecule has 2 aliphatic heterocycles. The van der Waals surface area contributed by atoms with Crippen LogP contribution >= 0.6 is 11.6 Å². The first-order chi connectivity index (χ1) is 15.0. The molecule has 0 radical (unpaired) electrons. The minimum absolute atomic E-state index is 0.0432. The van der Waals surface area contributed by atoms with E-state index in [-0.39, 0.29) is 17.2 Å². The van der Waals surface area contributed by atoms with Crippen LogP contribution in [0.25, 0.3) is 11.2 Å². The highest BCUT2D eigenvalue weighted by atomic mass is 35.5. The summed E-state index contributed by atoms with van der Waals surface area (Å²) in [7, 11) is 0. The largest absolute Gasteiger partial charge is 0.310 e. The monoisotopic (exact) mass is 440 g/mol. The van der Waals surface area contributed by atoms with Crippen LogP contribution in [0.15, 0.2) is 40.2 Å². The molecular formula is C22H25ClN6O2. The lowest BCUT2D eigenvalue weighted by Crippen LogP contribution is -2.44. The Morgan fingerprint density at radius 1 is 1.13 bits per heavy atom. The summed E-state index contributed by atoms with van der Waals surface area (Å²) in [5, 5.41) is 4.31. The molecule has 3 aromatic rings. The fourth-order valence-corrected chi connectivity index (χ4v) is 4.88. The normalized spacial score (nSPS) is 19.4. The van der Waals surface area contributed by atoms with Crippen molar-refractivity contribution >= 4 is 22.8 Å². The zero-order chi connectivity index (χ0) is 21.5. The maximum absolute atomic E-state index is 12.5. The van der Waals surface area contributed by atoms with Gasteiger partial charge in [0, 0.05) is 37.9 Å². The van der Waals surface area contributed by atoms with Crippen molar-refractivity contribution in [2.24, 2.45) is 0 Å². The Balaban J connectivity index is 1.21. The van der Waals surface area contributed by atoms with E-state index in [1.54, 1.807) is 15.2 Å². The first-order valence-electron chi connectivity index (χ1n) is 10.7. The maximum Gasteiger partial charge on any atom is 0.270 e. The molecule has 0 bridgehead atoms. The van der Waals surface area contributed by atoms with Gasteiger partial charge in [0.15, 0.2) is 0 Å². The molecule has 9 heteroatoms. The molecule has 1 atom stereocenters. The molecule has 2 aliphatic rings. The lowest BCUT2D eigenvalue weighted by Gasteiger charge is -2.34. The Bertz CT molecular complexity index is 1240. The Labute approximate surface area is 184 Å². The third kappa shape index (κ3) is 3.91. The van der Waals surface area contributed by atoms with Crippen LogP contribution in [0.5, 0.6) is 0 Å². The molecule has 1 fully saturated rings. The zero-order valence-corrected chi connectivity index (χ0v) is 18.2. The summed E-state index contributed by atoms with van der Waals surface area (Å²) in [6.07, 6.45) is 5.30. The first kappa shape index (κ1) is 20.4. The van der Waals surface area contributed by atoms with Crippen LogP contribution < -0.4 is 16.4 Å². The fourth-order valence-electron chi connectivity index (χ4n) is 4.69. The van der Waals surface area contributed by atoms with E-state index in [9.17, 15) is 9.59 Å². The van der Waals surface area contributed by atoms with Crippen LogP contribution in [0.2, 0.25) is 5.02 Å². The molecule has 0 amide bonds. The number of aromatic nitrogens is 4. The standard InChI is InChI=1S/C22H25ClN6O2/c1-14-18(23)8-15(9-24-14)10-25-16-4-6-27(7-5-16)12-17-13-28-20(30)3-2-19-22(28)29(17)21(31)11-26-19/h2-3,8-9,11,16-17,25H,4-7,10,12-13H2,1H3. The highest BCUT2D eigenvalue weighted by Gasteiger charge is 2.29. The third-order valence-corrected chi connectivity index (χ3v) is 6.79. The van der Waals surface area contributed by atoms with Gasteiger partial charge < -0.3 is 10.2 Å². The minimum atomic E-state index is -0.142. The van der Waals surface area contributed by atoms with Crippen LogP contribution in [-0.2, 0) is 13.1 Å². The van der Waals surface area contributed by atoms with E-state index in [2.05, 4.69) is 20.2 Å². The van der Waals surface area contributed by atoms with Gasteiger partial charge >= 0.3 is 0 Å². The summed E-state index contributed by atoms with van der Waals surface area (Å²) in [6, 6.07) is 5.59. The van der Waals surface area contributed by atoms with Crippen LogP contribution in [-0.4, -0.2) is 49.7 Å². The molecular weight excluding hydrogens is 416 g/mol. The molecule has 8 nitrogen and oxygen atoms in total. The van der Waals surface area contributed by atoms with Gasteiger partial charge in [0.2, 0.25) is 0 Å². The number of rotatable bonds is 5. The lowest BCUT2D eigenvalue weighted by atomic mass is 10.0. The summed E-state index contributed by atoms with van der Waals surface area (Å²) < 4.78 is 3.44. The van der Waals surface area contributed by atoms with Crippen molar-refractivity contribution in [3.8, 4) is 0 Å². The molecule has 1 N–H and O–H groups in total. The number of halogens is 1. The summed E-state index contributed by atoms with van der Waals surface area (Å²) in [6.45, 7) is 5.84. The molecule has 0 saturated carbocycles. The van der Waals surface area contributed by atoms with E-state index in [0.29, 0.717) is 28.8 Å². The van der Waals surface area contributed by atoms with Crippen molar-refractivity contribution in [2.45, 2.75) is 44.9 Å². The smallest absolute Gasteiger partial charge is 0.270 e. The van der Waals surface area contributed by atoms with Crippen molar-refractivity contribution in [3.05, 3.63) is 67.6 Å². The predicted molar refractivity (Wildman–Crippen MR) is 120 cm³/mol. The molecule has 0 aromatic carbocycles. The quantitative estimate of drug-likeness (QED) is 0.650. The Kier molecular flexibility index (Phi) is 5.37. The average Bonchev–Trinajstić information content (AvgIpc) is 3.15.